The molecule has 2 aromatic heterocycles. The van der Waals surface area contributed by atoms with Crippen LogP contribution in [0.1, 0.15) is 63.3 Å². The van der Waals surface area contributed by atoms with E-state index in [1.165, 1.54) is 4.52 Å². The Morgan fingerprint density at radius 2 is 1.87 bits per heavy atom. The number of hydrogen-bond donors (Lipinski definition) is 1. The molecule has 0 fully saturated rings. The number of fused-ring (bicyclic) bond motifs is 2. The van der Waals surface area contributed by atoms with E-state index in [-0.39, 0.29) is 22.9 Å². The molecule has 0 saturated carbocycles. The van der Waals surface area contributed by atoms with Crippen molar-refractivity contribution in [3.8, 4) is 0 Å². The molecule has 1 atom stereocenters. The minimum absolute atomic E-state index is 0.0835. The Hall–Kier alpha value is -2.11. The third-order valence-electron chi connectivity index (χ3n) is 4.74. The van der Waals surface area contributed by atoms with Gasteiger partial charge in [-0.25, -0.2) is 0 Å². The van der Waals surface area contributed by atoms with Crippen LogP contribution in [0.4, 0.5) is 0 Å². The van der Waals surface area contributed by atoms with Gasteiger partial charge in [0.05, 0.1) is 17.8 Å². The molecule has 124 valence electrons. The average Bonchev–Trinajstić information content (AvgIpc) is 3.01. The fourth-order valence-electron chi connectivity index (χ4n) is 2.83. The first-order valence-electron chi connectivity index (χ1n) is 8.07. The normalized spacial score (nSPS) is 16.5. The van der Waals surface area contributed by atoms with Gasteiger partial charge in [0.1, 0.15) is 11.3 Å². The molecule has 1 aliphatic rings. The number of carbonyl (C=O) groups is 1. The predicted molar refractivity (Wildman–Crippen MR) is 88.7 cm³/mol. The van der Waals surface area contributed by atoms with Crippen molar-refractivity contribution in [1.29, 1.82) is 0 Å². The number of amides is 1. The van der Waals surface area contributed by atoms with Crippen LogP contribution in [0.15, 0.2) is 10.9 Å². The van der Waals surface area contributed by atoms with Gasteiger partial charge in [-0.05, 0) is 12.8 Å². The second-order valence-electron chi connectivity index (χ2n) is 7.78. The van der Waals surface area contributed by atoms with Crippen molar-refractivity contribution in [3.05, 3.63) is 33.4 Å². The summed E-state index contributed by atoms with van der Waals surface area (Å²) < 4.78 is 1.39. The van der Waals surface area contributed by atoms with Crippen LogP contribution in [0, 0.1) is 5.92 Å². The molecule has 3 rings (SSSR count). The van der Waals surface area contributed by atoms with Gasteiger partial charge in [0.15, 0.2) is 0 Å². The van der Waals surface area contributed by atoms with Crippen LogP contribution in [0.3, 0.4) is 0 Å². The van der Waals surface area contributed by atoms with Crippen molar-refractivity contribution in [2.45, 2.75) is 59.5 Å². The van der Waals surface area contributed by atoms with E-state index in [1.807, 2.05) is 33.8 Å². The summed E-state index contributed by atoms with van der Waals surface area (Å²) in [4.78, 5) is 30.3. The van der Waals surface area contributed by atoms with Gasteiger partial charge in [-0.15, -0.1) is 0 Å². The second kappa shape index (κ2) is 4.94. The predicted octanol–water partition coefficient (Wildman–Crippen LogP) is 2.32. The quantitative estimate of drug-likeness (QED) is 0.924. The second-order valence-corrected chi connectivity index (χ2v) is 7.78. The smallest absolute Gasteiger partial charge is 0.280 e. The maximum absolute atomic E-state index is 12.7. The molecule has 1 N–H and O–H groups in total. The number of nitrogens with zero attached hydrogens (tertiary/aromatic N) is 3. The van der Waals surface area contributed by atoms with E-state index in [4.69, 9.17) is 0 Å². The lowest BCUT2D eigenvalue weighted by atomic mass is 9.93. The molecule has 0 aromatic carbocycles. The zero-order valence-corrected chi connectivity index (χ0v) is 14.6. The number of H-pyrrole nitrogens is 1. The van der Waals surface area contributed by atoms with Gasteiger partial charge in [0.25, 0.3) is 11.5 Å². The molecule has 0 aliphatic carbocycles. The van der Waals surface area contributed by atoms with Crippen molar-refractivity contribution in [3.63, 3.8) is 0 Å². The topological polar surface area (TPSA) is 70.5 Å². The Labute approximate surface area is 135 Å². The van der Waals surface area contributed by atoms with Crippen LogP contribution in [-0.2, 0) is 12.0 Å². The molecule has 0 bridgehead atoms. The first-order valence-corrected chi connectivity index (χ1v) is 8.07. The SMILES string of the molecule is CC(C)[C@H](C)N1Cc2c([nH]c3cc(C(C)(C)C)nn3c2=O)C1=O. The van der Waals surface area contributed by atoms with E-state index in [9.17, 15) is 9.59 Å². The number of carbonyl (C=O) groups excluding carboxylic acids is 1. The molecule has 3 heterocycles. The largest absolute Gasteiger partial charge is 0.335 e. The molecule has 6 nitrogen and oxygen atoms in total. The average molecular weight is 316 g/mol. The van der Waals surface area contributed by atoms with Crippen LogP contribution >= 0.6 is 0 Å². The van der Waals surface area contributed by atoms with Crippen molar-refractivity contribution >= 4 is 11.6 Å². The highest BCUT2D eigenvalue weighted by molar-refractivity contribution is 5.97. The first-order chi connectivity index (χ1) is 10.6. The maximum Gasteiger partial charge on any atom is 0.280 e. The minimum Gasteiger partial charge on any atom is -0.335 e. The van der Waals surface area contributed by atoms with Crippen LogP contribution < -0.4 is 5.56 Å². The van der Waals surface area contributed by atoms with Gasteiger partial charge in [-0.2, -0.15) is 9.61 Å². The third-order valence-corrected chi connectivity index (χ3v) is 4.74. The summed E-state index contributed by atoms with van der Waals surface area (Å²) in [5, 5.41) is 4.43. The molecular weight excluding hydrogens is 292 g/mol. The summed E-state index contributed by atoms with van der Waals surface area (Å²) in [6.45, 7) is 12.7. The van der Waals surface area contributed by atoms with Crippen molar-refractivity contribution in [1.82, 2.24) is 19.5 Å². The highest BCUT2D eigenvalue weighted by atomic mass is 16.2. The fourth-order valence-corrected chi connectivity index (χ4v) is 2.83. The third kappa shape index (κ3) is 2.36. The van der Waals surface area contributed by atoms with E-state index in [0.29, 0.717) is 29.4 Å². The lowest BCUT2D eigenvalue weighted by Crippen LogP contribution is -2.37. The van der Waals surface area contributed by atoms with Crippen LogP contribution in [0.2, 0.25) is 0 Å². The molecule has 0 unspecified atom stereocenters. The van der Waals surface area contributed by atoms with E-state index in [0.717, 1.165) is 5.69 Å². The molecule has 23 heavy (non-hydrogen) atoms. The van der Waals surface area contributed by atoms with Crippen molar-refractivity contribution < 1.29 is 4.79 Å². The Bertz CT molecular complexity index is 839. The van der Waals surface area contributed by atoms with E-state index in [2.05, 4.69) is 23.9 Å². The number of hydrogen-bond acceptors (Lipinski definition) is 3. The summed E-state index contributed by atoms with van der Waals surface area (Å²) >= 11 is 0. The van der Waals surface area contributed by atoms with Gasteiger partial charge >= 0.3 is 0 Å². The highest BCUT2D eigenvalue weighted by Gasteiger charge is 2.35. The summed E-state index contributed by atoms with van der Waals surface area (Å²) in [6, 6.07) is 1.93. The van der Waals surface area contributed by atoms with Gasteiger partial charge < -0.3 is 9.88 Å². The summed E-state index contributed by atoms with van der Waals surface area (Å²) in [5.41, 5.74) is 1.98. The molecule has 1 aliphatic heterocycles. The summed E-state index contributed by atoms with van der Waals surface area (Å²) in [6.07, 6.45) is 0. The Kier molecular flexibility index (Phi) is 3.39. The van der Waals surface area contributed by atoms with Gasteiger partial charge in [0, 0.05) is 17.5 Å². The van der Waals surface area contributed by atoms with Crippen LogP contribution in [0.5, 0.6) is 0 Å². The molecule has 1 amide bonds. The first kappa shape index (κ1) is 15.8. The lowest BCUT2D eigenvalue weighted by molar-refractivity contribution is 0.0669. The number of rotatable bonds is 2. The number of aromatic nitrogens is 3. The summed E-state index contributed by atoms with van der Waals surface area (Å²) in [5.74, 6) is 0.235. The molecule has 6 heteroatoms. The molecule has 0 spiro atoms. The van der Waals surface area contributed by atoms with Crippen molar-refractivity contribution in [2.75, 3.05) is 0 Å². The van der Waals surface area contributed by atoms with Gasteiger partial charge in [-0.3, -0.25) is 9.59 Å². The van der Waals surface area contributed by atoms with E-state index < -0.39 is 0 Å². The minimum atomic E-state index is -0.198. The van der Waals surface area contributed by atoms with Gasteiger partial charge in [0.2, 0.25) is 0 Å². The van der Waals surface area contributed by atoms with E-state index in [1.54, 1.807) is 4.90 Å². The van der Waals surface area contributed by atoms with Crippen LogP contribution in [0.25, 0.3) is 5.65 Å². The number of aromatic amines is 1. The number of nitrogens with one attached hydrogen (secondary N) is 1. The van der Waals surface area contributed by atoms with Gasteiger partial charge in [-0.1, -0.05) is 34.6 Å². The molecular formula is C17H24N4O2. The zero-order valence-electron chi connectivity index (χ0n) is 14.6. The Balaban J connectivity index is 2.13. The van der Waals surface area contributed by atoms with E-state index >= 15 is 0 Å². The fraction of sp³-hybridized carbons (Fsp3) is 0.588. The van der Waals surface area contributed by atoms with Crippen molar-refractivity contribution in [2.24, 2.45) is 5.92 Å². The van der Waals surface area contributed by atoms with Crippen LogP contribution in [-0.4, -0.2) is 31.4 Å². The maximum atomic E-state index is 12.7. The standard InChI is InChI=1S/C17H24N4O2/c1-9(2)10(3)20-8-11-14(16(20)23)18-13-7-12(17(4,5)6)19-21(13)15(11)22/h7,9-10,18H,8H2,1-6H3/t10-/m0/s1. The Morgan fingerprint density at radius 1 is 1.22 bits per heavy atom. The highest BCUT2D eigenvalue weighted by Crippen LogP contribution is 2.26. The molecule has 0 radical (unpaired) electrons. The zero-order chi connectivity index (χ0) is 17.1. The summed E-state index contributed by atoms with van der Waals surface area (Å²) in [7, 11) is 0. The molecule has 0 saturated heterocycles. The lowest BCUT2D eigenvalue weighted by Gasteiger charge is -2.27. The Morgan fingerprint density at radius 3 is 2.43 bits per heavy atom. The monoisotopic (exact) mass is 316 g/mol. The molecule has 2 aromatic rings.